The molecule has 2 aromatic rings. The van der Waals surface area contributed by atoms with Gasteiger partial charge in [-0.25, -0.2) is 0 Å². The Bertz CT molecular complexity index is 543. The lowest BCUT2D eigenvalue weighted by Crippen LogP contribution is -2.13. The van der Waals surface area contributed by atoms with Crippen molar-refractivity contribution in [3.05, 3.63) is 58.4 Å². The van der Waals surface area contributed by atoms with Crippen molar-refractivity contribution >= 4 is 11.6 Å². The van der Waals surface area contributed by atoms with Crippen LogP contribution in [0.2, 0.25) is 5.02 Å². The van der Waals surface area contributed by atoms with Crippen molar-refractivity contribution in [2.75, 3.05) is 0 Å². The zero-order valence-corrected chi connectivity index (χ0v) is 10.9. The van der Waals surface area contributed by atoms with E-state index in [-0.39, 0.29) is 5.75 Å². The number of para-hydroxylation sites is 1. The third-order valence-electron chi connectivity index (χ3n) is 2.84. The van der Waals surface area contributed by atoms with Gasteiger partial charge in [-0.2, -0.15) is 0 Å². The van der Waals surface area contributed by atoms with E-state index in [1.165, 1.54) is 5.56 Å². The highest BCUT2D eigenvalue weighted by molar-refractivity contribution is 6.32. The Morgan fingerprint density at radius 2 is 2.00 bits per heavy atom. The molecular formula is C14H15ClN2O. The molecule has 1 aromatic heterocycles. The Morgan fingerprint density at radius 1 is 1.22 bits per heavy atom. The molecule has 0 radical (unpaired) electrons. The number of halogens is 1. The van der Waals surface area contributed by atoms with Gasteiger partial charge in [-0.15, -0.1) is 0 Å². The van der Waals surface area contributed by atoms with E-state index in [1.807, 2.05) is 31.3 Å². The van der Waals surface area contributed by atoms with Gasteiger partial charge in [0.1, 0.15) is 5.75 Å². The van der Waals surface area contributed by atoms with Crippen molar-refractivity contribution in [2.24, 2.45) is 0 Å². The molecule has 0 fully saturated rings. The second kappa shape index (κ2) is 5.85. The standard InChI is InChI=1S/C14H15ClN2O/c1-10-7-16-6-5-11(10)8-17-9-12-3-2-4-13(15)14(12)18/h2-7,17-18H,8-9H2,1H3. The Morgan fingerprint density at radius 3 is 2.78 bits per heavy atom. The van der Waals surface area contributed by atoms with E-state index in [9.17, 15) is 5.11 Å². The number of pyridine rings is 1. The molecule has 0 aliphatic carbocycles. The summed E-state index contributed by atoms with van der Waals surface area (Å²) in [7, 11) is 0. The number of hydrogen-bond donors (Lipinski definition) is 2. The maximum Gasteiger partial charge on any atom is 0.138 e. The largest absolute Gasteiger partial charge is 0.506 e. The van der Waals surface area contributed by atoms with Crippen LogP contribution >= 0.6 is 11.6 Å². The molecule has 0 atom stereocenters. The highest BCUT2D eigenvalue weighted by atomic mass is 35.5. The minimum atomic E-state index is 0.151. The highest BCUT2D eigenvalue weighted by Gasteiger charge is 2.04. The van der Waals surface area contributed by atoms with Gasteiger partial charge in [0.25, 0.3) is 0 Å². The minimum Gasteiger partial charge on any atom is -0.506 e. The number of nitrogens with one attached hydrogen (secondary N) is 1. The number of hydrogen-bond acceptors (Lipinski definition) is 3. The van der Waals surface area contributed by atoms with Crippen LogP contribution in [0.15, 0.2) is 36.7 Å². The molecule has 2 rings (SSSR count). The molecule has 18 heavy (non-hydrogen) atoms. The average Bonchev–Trinajstić information content (AvgIpc) is 2.37. The Kier molecular flexibility index (Phi) is 4.18. The fourth-order valence-electron chi connectivity index (χ4n) is 1.74. The summed E-state index contributed by atoms with van der Waals surface area (Å²) in [6.45, 7) is 3.34. The van der Waals surface area contributed by atoms with Gasteiger partial charge in [0.2, 0.25) is 0 Å². The van der Waals surface area contributed by atoms with Crippen molar-refractivity contribution in [3.63, 3.8) is 0 Å². The first-order valence-electron chi connectivity index (χ1n) is 5.75. The van der Waals surface area contributed by atoms with E-state index in [1.54, 1.807) is 12.3 Å². The highest BCUT2D eigenvalue weighted by Crippen LogP contribution is 2.26. The Balaban J connectivity index is 1.97. The zero-order chi connectivity index (χ0) is 13.0. The van der Waals surface area contributed by atoms with Crippen molar-refractivity contribution < 1.29 is 5.11 Å². The predicted molar refractivity (Wildman–Crippen MR) is 72.6 cm³/mol. The smallest absolute Gasteiger partial charge is 0.138 e. The maximum atomic E-state index is 9.77. The topological polar surface area (TPSA) is 45.2 Å². The molecule has 0 saturated carbocycles. The summed E-state index contributed by atoms with van der Waals surface area (Å²) in [6, 6.07) is 7.35. The summed E-state index contributed by atoms with van der Waals surface area (Å²) in [6.07, 6.45) is 3.62. The Hall–Kier alpha value is -1.58. The molecule has 1 heterocycles. The molecule has 0 spiro atoms. The van der Waals surface area contributed by atoms with E-state index in [4.69, 9.17) is 11.6 Å². The number of rotatable bonds is 4. The van der Waals surface area contributed by atoms with Crippen LogP contribution in [0.5, 0.6) is 5.75 Å². The molecule has 0 aliphatic rings. The molecule has 4 heteroatoms. The molecule has 0 amide bonds. The van der Waals surface area contributed by atoms with Crippen LogP contribution in [-0.2, 0) is 13.1 Å². The lowest BCUT2D eigenvalue weighted by atomic mass is 10.1. The second-order valence-electron chi connectivity index (χ2n) is 4.15. The summed E-state index contributed by atoms with van der Waals surface area (Å²) in [5.74, 6) is 0.151. The van der Waals surface area contributed by atoms with Crippen LogP contribution in [0.25, 0.3) is 0 Å². The van der Waals surface area contributed by atoms with Gasteiger partial charge < -0.3 is 10.4 Å². The summed E-state index contributed by atoms with van der Waals surface area (Å²) in [5, 5.41) is 13.4. The van der Waals surface area contributed by atoms with Crippen LogP contribution in [0, 0.1) is 6.92 Å². The van der Waals surface area contributed by atoms with Gasteiger partial charge in [-0.3, -0.25) is 4.98 Å². The molecule has 2 N–H and O–H groups in total. The first kappa shape index (κ1) is 12.9. The summed E-state index contributed by atoms with van der Waals surface area (Å²) in [5.41, 5.74) is 3.15. The van der Waals surface area contributed by atoms with Gasteiger partial charge >= 0.3 is 0 Å². The molecule has 0 unspecified atom stereocenters. The first-order chi connectivity index (χ1) is 8.68. The van der Waals surface area contributed by atoms with Gasteiger partial charge in [0.15, 0.2) is 0 Å². The van der Waals surface area contributed by atoms with Crippen molar-refractivity contribution in [1.29, 1.82) is 0 Å². The maximum absolute atomic E-state index is 9.77. The first-order valence-corrected chi connectivity index (χ1v) is 6.13. The third-order valence-corrected chi connectivity index (χ3v) is 3.14. The van der Waals surface area contributed by atoms with Crippen molar-refractivity contribution in [1.82, 2.24) is 10.3 Å². The van der Waals surface area contributed by atoms with Gasteiger partial charge in [0, 0.05) is 31.0 Å². The number of aromatic nitrogens is 1. The molecule has 3 nitrogen and oxygen atoms in total. The van der Waals surface area contributed by atoms with Crippen LogP contribution in [0.4, 0.5) is 0 Å². The lowest BCUT2D eigenvalue weighted by molar-refractivity contribution is 0.464. The van der Waals surface area contributed by atoms with Crippen molar-refractivity contribution in [3.8, 4) is 5.75 Å². The molecule has 94 valence electrons. The number of phenolic OH excluding ortho intramolecular Hbond substituents is 1. The summed E-state index contributed by atoms with van der Waals surface area (Å²) >= 11 is 5.85. The molecule has 0 aliphatic heterocycles. The number of aromatic hydroxyl groups is 1. The lowest BCUT2D eigenvalue weighted by Gasteiger charge is -2.09. The second-order valence-corrected chi connectivity index (χ2v) is 4.56. The van der Waals surface area contributed by atoms with E-state index < -0.39 is 0 Å². The van der Waals surface area contributed by atoms with Crippen LogP contribution < -0.4 is 5.32 Å². The normalized spacial score (nSPS) is 10.6. The van der Waals surface area contributed by atoms with Gasteiger partial charge in [-0.1, -0.05) is 23.7 Å². The predicted octanol–water partition coefficient (Wildman–Crippen LogP) is 3.04. The monoisotopic (exact) mass is 262 g/mol. The van der Waals surface area contributed by atoms with Crippen molar-refractivity contribution in [2.45, 2.75) is 20.0 Å². The average molecular weight is 263 g/mol. The SMILES string of the molecule is Cc1cnccc1CNCc1cccc(Cl)c1O. The number of benzene rings is 1. The fraction of sp³-hybridized carbons (Fsp3) is 0.214. The van der Waals surface area contributed by atoms with Crippen LogP contribution in [0.1, 0.15) is 16.7 Å². The van der Waals surface area contributed by atoms with Gasteiger partial charge in [-0.05, 0) is 30.2 Å². The van der Waals surface area contributed by atoms with Crippen LogP contribution in [0.3, 0.4) is 0 Å². The van der Waals surface area contributed by atoms with E-state index >= 15 is 0 Å². The summed E-state index contributed by atoms with van der Waals surface area (Å²) < 4.78 is 0. The Labute approximate surface area is 111 Å². The number of phenols is 1. The zero-order valence-electron chi connectivity index (χ0n) is 10.2. The minimum absolute atomic E-state index is 0.151. The van der Waals surface area contributed by atoms with E-state index in [2.05, 4.69) is 10.3 Å². The molecule has 0 saturated heterocycles. The third kappa shape index (κ3) is 3.00. The number of aryl methyl sites for hydroxylation is 1. The fourth-order valence-corrected chi connectivity index (χ4v) is 1.93. The van der Waals surface area contributed by atoms with E-state index in [0.29, 0.717) is 11.6 Å². The van der Waals surface area contributed by atoms with E-state index in [0.717, 1.165) is 17.7 Å². The molecular weight excluding hydrogens is 248 g/mol. The van der Waals surface area contributed by atoms with Crippen LogP contribution in [-0.4, -0.2) is 10.1 Å². The molecule has 1 aromatic carbocycles. The summed E-state index contributed by atoms with van der Waals surface area (Å²) in [4.78, 5) is 4.05. The quantitative estimate of drug-likeness (QED) is 0.890. The number of nitrogens with zero attached hydrogens (tertiary/aromatic N) is 1. The molecule has 0 bridgehead atoms. The van der Waals surface area contributed by atoms with Gasteiger partial charge in [0.05, 0.1) is 5.02 Å².